The number of hydrogen-bond acceptors (Lipinski definition) is 2. The van der Waals surface area contributed by atoms with Gasteiger partial charge in [0.15, 0.2) is 0 Å². The Kier molecular flexibility index (Phi) is 5.96. The molecule has 1 N–H and O–H groups in total. The smallest absolute Gasteiger partial charge is 0.221 e. The minimum Gasteiger partial charge on any atom is -0.356 e. The molecule has 0 radical (unpaired) electrons. The lowest BCUT2D eigenvalue weighted by molar-refractivity contribution is -0.120. The van der Waals surface area contributed by atoms with Crippen molar-refractivity contribution in [2.75, 3.05) is 32.1 Å². The maximum absolute atomic E-state index is 11.0. The molecule has 1 heterocycles. The molecule has 1 amide bonds. The first-order chi connectivity index (χ1) is 6.83. The first-order valence-corrected chi connectivity index (χ1v) is 5.91. The largest absolute Gasteiger partial charge is 0.356 e. The van der Waals surface area contributed by atoms with Crippen LogP contribution < -0.4 is 5.32 Å². The van der Waals surface area contributed by atoms with E-state index in [-0.39, 0.29) is 5.91 Å². The number of alkyl halides is 1. The Hall–Kier alpha value is -0.280. The van der Waals surface area contributed by atoms with Crippen LogP contribution in [0, 0.1) is 0 Å². The number of nitrogens with one attached hydrogen (secondary N) is 1. The highest BCUT2D eigenvalue weighted by atomic mass is 35.5. The molecule has 4 heteroatoms. The molecule has 3 nitrogen and oxygen atoms in total. The normalized spacial score (nSPS) is 17.2. The van der Waals surface area contributed by atoms with Crippen LogP contribution in [0.3, 0.4) is 0 Å². The zero-order chi connectivity index (χ0) is 10.2. The SMILES string of the molecule is O=C(CCCl)NCCCN1CCCC1. The van der Waals surface area contributed by atoms with E-state index in [2.05, 4.69) is 10.2 Å². The summed E-state index contributed by atoms with van der Waals surface area (Å²) >= 11 is 5.44. The zero-order valence-electron chi connectivity index (χ0n) is 8.60. The summed E-state index contributed by atoms with van der Waals surface area (Å²) < 4.78 is 0. The third-order valence-corrected chi connectivity index (χ3v) is 2.68. The highest BCUT2D eigenvalue weighted by molar-refractivity contribution is 6.18. The molecule has 0 aromatic heterocycles. The van der Waals surface area contributed by atoms with Crippen molar-refractivity contribution in [2.24, 2.45) is 0 Å². The highest BCUT2D eigenvalue weighted by Crippen LogP contribution is 2.06. The van der Waals surface area contributed by atoms with Crippen LogP contribution in [0.5, 0.6) is 0 Å². The standard InChI is InChI=1S/C10H19ClN2O/c11-5-4-10(14)12-6-3-9-13-7-1-2-8-13/h1-9H2,(H,12,14). The number of nitrogens with zero attached hydrogens (tertiary/aromatic N) is 1. The predicted octanol–water partition coefficient (Wildman–Crippen LogP) is 1.22. The fraction of sp³-hybridized carbons (Fsp3) is 0.900. The molecule has 0 atom stereocenters. The second-order valence-corrected chi connectivity index (χ2v) is 4.07. The van der Waals surface area contributed by atoms with Crippen LogP contribution >= 0.6 is 11.6 Å². The lowest BCUT2D eigenvalue weighted by Gasteiger charge is -2.14. The van der Waals surface area contributed by atoms with Gasteiger partial charge in [0.25, 0.3) is 0 Å². The van der Waals surface area contributed by atoms with Crippen LogP contribution in [0.4, 0.5) is 0 Å². The average Bonchev–Trinajstić information content (AvgIpc) is 2.65. The van der Waals surface area contributed by atoms with E-state index in [1.807, 2.05) is 0 Å². The molecule has 14 heavy (non-hydrogen) atoms. The van der Waals surface area contributed by atoms with Gasteiger partial charge >= 0.3 is 0 Å². The fourth-order valence-electron chi connectivity index (χ4n) is 1.71. The Balaban J connectivity index is 1.90. The lowest BCUT2D eigenvalue weighted by atomic mass is 10.3. The van der Waals surface area contributed by atoms with Crippen molar-refractivity contribution in [3.63, 3.8) is 0 Å². The first kappa shape index (κ1) is 11.8. The molecule has 1 fully saturated rings. The van der Waals surface area contributed by atoms with Gasteiger partial charge in [-0.15, -0.1) is 11.6 Å². The lowest BCUT2D eigenvalue weighted by Crippen LogP contribution is -2.28. The molecule has 0 aliphatic carbocycles. The summed E-state index contributed by atoms with van der Waals surface area (Å²) in [5.41, 5.74) is 0. The second kappa shape index (κ2) is 7.07. The first-order valence-electron chi connectivity index (χ1n) is 5.38. The Morgan fingerprint density at radius 3 is 2.71 bits per heavy atom. The van der Waals surface area contributed by atoms with Gasteiger partial charge < -0.3 is 10.2 Å². The molecule has 0 saturated carbocycles. The maximum Gasteiger partial charge on any atom is 0.221 e. The summed E-state index contributed by atoms with van der Waals surface area (Å²) in [5, 5.41) is 2.86. The van der Waals surface area contributed by atoms with E-state index in [4.69, 9.17) is 11.6 Å². The van der Waals surface area contributed by atoms with Gasteiger partial charge in [0.05, 0.1) is 0 Å². The topological polar surface area (TPSA) is 32.3 Å². The molecule has 1 rings (SSSR count). The zero-order valence-corrected chi connectivity index (χ0v) is 9.35. The van der Waals surface area contributed by atoms with E-state index in [0.29, 0.717) is 12.3 Å². The Morgan fingerprint density at radius 2 is 2.07 bits per heavy atom. The van der Waals surface area contributed by atoms with Crippen LogP contribution in [-0.4, -0.2) is 42.9 Å². The number of carbonyl (C=O) groups excluding carboxylic acids is 1. The number of rotatable bonds is 6. The van der Waals surface area contributed by atoms with Crippen LogP contribution in [-0.2, 0) is 4.79 Å². The van der Waals surface area contributed by atoms with Crippen molar-refractivity contribution in [1.82, 2.24) is 10.2 Å². The number of halogens is 1. The quantitative estimate of drug-likeness (QED) is 0.537. The minimum absolute atomic E-state index is 0.0708. The second-order valence-electron chi connectivity index (χ2n) is 3.69. The van der Waals surface area contributed by atoms with Crippen molar-refractivity contribution >= 4 is 17.5 Å². The van der Waals surface area contributed by atoms with Crippen molar-refractivity contribution in [3.8, 4) is 0 Å². The molecule has 0 spiro atoms. The average molecular weight is 219 g/mol. The molecule has 0 bridgehead atoms. The fourth-order valence-corrected chi connectivity index (χ4v) is 1.88. The molecule has 1 aliphatic rings. The Morgan fingerprint density at radius 1 is 1.36 bits per heavy atom. The van der Waals surface area contributed by atoms with Crippen LogP contribution in [0.25, 0.3) is 0 Å². The van der Waals surface area contributed by atoms with E-state index in [1.54, 1.807) is 0 Å². The number of amides is 1. The van der Waals surface area contributed by atoms with Crippen molar-refractivity contribution in [3.05, 3.63) is 0 Å². The molecule has 1 aliphatic heterocycles. The summed E-state index contributed by atoms with van der Waals surface area (Å²) in [5.74, 6) is 0.485. The number of carbonyl (C=O) groups is 1. The number of hydrogen-bond donors (Lipinski definition) is 1. The highest BCUT2D eigenvalue weighted by Gasteiger charge is 2.10. The van der Waals surface area contributed by atoms with E-state index in [0.717, 1.165) is 19.5 Å². The molecule has 0 unspecified atom stereocenters. The van der Waals surface area contributed by atoms with E-state index >= 15 is 0 Å². The molecular formula is C10H19ClN2O. The molecule has 82 valence electrons. The van der Waals surface area contributed by atoms with Crippen LogP contribution in [0.2, 0.25) is 0 Å². The number of likely N-dealkylation sites (tertiary alicyclic amines) is 1. The summed E-state index contributed by atoms with van der Waals surface area (Å²) in [6.45, 7) is 4.36. The van der Waals surface area contributed by atoms with Gasteiger partial charge in [0.2, 0.25) is 5.91 Å². The summed E-state index contributed by atoms with van der Waals surface area (Å²) in [6, 6.07) is 0. The third-order valence-electron chi connectivity index (χ3n) is 2.49. The summed E-state index contributed by atoms with van der Waals surface area (Å²) in [7, 11) is 0. The molecular weight excluding hydrogens is 200 g/mol. The molecule has 0 aromatic carbocycles. The maximum atomic E-state index is 11.0. The van der Waals surface area contributed by atoms with Gasteiger partial charge in [-0.25, -0.2) is 0 Å². The predicted molar refractivity (Wildman–Crippen MR) is 58.6 cm³/mol. The van der Waals surface area contributed by atoms with Crippen molar-refractivity contribution < 1.29 is 4.79 Å². The summed E-state index contributed by atoms with van der Waals surface area (Å²) in [6.07, 6.45) is 4.15. The molecule has 0 aromatic rings. The summed E-state index contributed by atoms with van der Waals surface area (Å²) in [4.78, 5) is 13.5. The minimum atomic E-state index is 0.0708. The van der Waals surface area contributed by atoms with Gasteiger partial charge in [-0.2, -0.15) is 0 Å². The van der Waals surface area contributed by atoms with Crippen LogP contribution in [0.15, 0.2) is 0 Å². The monoisotopic (exact) mass is 218 g/mol. The van der Waals surface area contributed by atoms with Crippen LogP contribution in [0.1, 0.15) is 25.7 Å². The van der Waals surface area contributed by atoms with E-state index < -0.39 is 0 Å². The van der Waals surface area contributed by atoms with Crippen molar-refractivity contribution in [1.29, 1.82) is 0 Å². The van der Waals surface area contributed by atoms with Gasteiger partial charge in [-0.1, -0.05) is 0 Å². The van der Waals surface area contributed by atoms with Gasteiger partial charge in [0.1, 0.15) is 0 Å². The van der Waals surface area contributed by atoms with Gasteiger partial charge in [-0.05, 0) is 38.9 Å². The van der Waals surface area contributed by atoms with E-state index in [9.17, 15) is 4.79 Å². The van der Waals surface area contributed by atoms with Crippen molar-refractivity contribution in [2.45, 2.75) is 25.7 Å². The van der Waals surface area contributed by atoms with Gasteiger partial charge in [0, 0.05) is 18.8 Å². The molecule has 1 saturated heterocycles. The van der Waals surface area contributed by atoms with E-state index in [1.165, 1.54) is 25.9 Å². The Bertz CT molecular complexity index is 170. The Labute approximate surface area is 90.8 Å². The van der Waals surface area contributed by atoms with Gasteiger partial charge in [-0.3, -0.25) is 4.79 Å². The third kappa shape index (κ3) is 4.82.